The number of nitrogens with zero attached hydrogens (tertiary/aromatic N) is 5. The lowest BCUT2D eigenvalue weighted by Gasteiger charge is -2.36. The summed E-state index contributed by atoms with van der Waals surface area (Å²) in [7, 11) is 0. The topological polar surface area (TPSA) is 160 Å². The van der Waals surface area contributed by atoms with Gasteiger partial charge in [0.25, 0.3) is 0 Å². The Morgan fingerprint density at radius 3 is 2.80 bits per heavy atom. The molecule has 25 heavy (non-hydrogen) atoms. The molecule has 1 fully saturated rings. The van der Waals surface area contributed by atoms with Gasteiger partial charge in [-0.1, -0.05) is 11.6 Å². The van der Waals surface area contributed by atoms with E-state index in [0.717, 1.165) is 4.90 Å². The fraction of sp³-hybridized carbons (Fsp3) is 0.538. The van der Waals surface area contributed by atoms with Gasteiger partial charge in [0.1, 0.15) is 24.1 Å². The van der Waals surface area contributed by atoms with Crippen LogP contribution in [0.4, 0.5) is 5.82 Å². The van der Waals surface area contributed by atoms with Gasteiger partial charge in [-0.3, -0.25) is 9.36 Å². The second kappa shape index (κ2) is 6.35. The number of nitrogens with two attached hydrogens (primary N) is 1. The van der Waals surface area contributed by atoms with Crippen molar-refractivity contribution in [1.82, 2.24) is 24.4 Å². The van der Waals surface area contributed by atoms with Gasteiger partial charge < -0.3 is 30.7 Å². The molecule has 2 aromatic heterocycles. The van der Waals surface area contributed by atoms with E-state index >= 15 is 0 Å². The van der Waals surface area contributed by atoms with E-state index in [1.54, 1.807) is 6.92 Å². The maximum Gasteiger partial charge on any atom is 0.248 e. The number of aromatic nitrogens is 4. The van der Waals surface area contributed by atoms with Gasteiger partial charge in [-0.2, -0.15) is 0 Å². The standard InChI is InChI=1S/C13H17ClN6O5/c1-2-19(5-21)13(14,24)9-7(22)8(23)12(25-9)20-4-18-6-10(15)16-3-17-11(6)20/h3-5,7-9,12,22-24H,2H2,1H3,(H2,15,16,17)/t7-,8+,9-,12+,13?/m0/s1. The summed E-state index contributed by atoms with van der Waals surface area (Å²) in [6, 6.07) is 0. The molecule has 3 heterocycles. The van der Waals surface area contributed by atoms with Crippen LogP contribution in [0.25, 0.3) is 11.2 Å². The van der Waals surface area contributed by atoms with Crippen molar-refractivity contribution < 1.29 is 24.9 Å². The monoisotopic (exact) mass is 372 g/mol. The first-order valence-electron chi connectivity index (χ1n) is 7.40. The molecule has 0 bridgehead atoms. The molecule has 5 atom stereocenters. The van der Waals surface area contributed by atoms with Crippen LogP contribution in [0, 0.1) is 0 Å². The molecule has 2 aromatic rings. The Labute approximate surface area is 146 Å². The second-order valence-electron chi connectivity index (χ2n) is 5.54. The molecule has 136 valence electrons. The van der Waals surface area contributed by atoms with Crippen LogP contribution >= 0.6 is 11.6 Å². The van der Waals surface area contributed by atoms with Crippen LogP contribution in [-0.2, 0) is 9.53 Å². The highest BCUT2D eigenvalue weighted by Gasteiger charge is 2.55. The van der Waals surface area contributed by atoms with Gasteiger partial charge >= 0.3 is 0 Å². The number of aliphatic hydroxyl groups is 3. The number of nitrogen functional groups attached to an aromatic ring is 1. The van der Waals surface area contributed by atoms with Crippen molar-refractivity contribution in [3.05, 3.63) is 12.7 Å². The van der Waals surface area contributed by atoms with Gasteiger partial charge in [0.15, 0.2) is 23.8 Å². The molecule has 0 spiro atoms. The lowest BCUT2D eigenvalue weighted by Crippen LogP contribution is -2.56. The summed E-state index contributed by atoms with van der Waals surface area (Å²) in [6.07, 6.45) is -2.82. The quantitative estimate of drug-likeness (QED) is 0.209. The van der Waals surface area contributed by atoms with Gasteiger partial charge in [-0.25, -0.2) is 15.0 Å². The van der Waals surface area contributed by atoms with E-state index in [2.05, 4.69) is 15.0 Å². The van der Waals surface area contributed by atoms with Crippen LogP contribution in [0.15, 0.2) is 12.7 Å². The molecule has 0 saturated carbocycles. The number of imidazole rings is 1. The number of aliphatic hydroxyl groups excluding tert-OH is 2. The van der Waals surface area contributed by atoms with Crippen molar-refractivity contribution in [3.8, 4) is 0 Å². The molecule has 0 aromatic carbocycles. The first-order valence-corrected chi connectivity index (χ1v) is 7.78. The predicted octanol–water partition coefficient (Wildman–Crippen LogP) is -1.61. The van der Waals surface area contributed by atoms with Crippen molar-refractivity contribution in [3.63, 3.8) is 0 Å². The van der Waals surface area contributed by atoms with Crippen molar-refractivity contribution in [2.45, 2.75) is 36.6 Å². The number of halogens is 1. The molecule has 1 unspecified atom stereocenters. The molecular weight excluding hydrogens is 356 g/mol. The van der Waals surface area contributed by atoms with Crippen molar-refractivity contribution in [1.29, 1.82) is 0 Å². The average molecular weight is 373 g/mol. The third kappa shape index (κ3) is 2.69. The lowest BCUT2D eigenvalue weighted by molar-refractivity contribution is -0.169. The summed E-state index contributed by atoms with van der Waals surface area (Å²) in [6.45, 7) is 1.65. The first kappa shape index (κ1) is 17.8. The van der Waals surface area contributed by atoms with Crippen LogP contribution in [0.3, 0.4) is 0 Å². The molecule has 12 heteroatoms. The summed E-state index contributed by atoms with van der Waals surface area (Å²) >= 11 is 6.02. The summed E-state index contributed by atoms with van der Waals surface area (Å²) in [4.78, 5) is 23.8. The van der Waals surface area contributed by atoms with Crippen molar-refractivity contribution in [2.24, 2.45) is 0 Å². The lowest BCUT2D eigenvalue weighted by atomic mass is 10.1. The number of alkyl halides is 1. The third-order valence-electron chi connectivity index (χ3n) is 4.13. The number of ether oxygens (including phenoxy) is 1. The van der Waals surface area contributed by atoms with Gasteiger partial charge in [-0.05, 0) is 6.92 Å². The van der Waals surface area contributed by atoms with Gasteiger partial charge in [0.05, 0.1) is 6.33 Å². The summed E-state index contributed by atoms with van der Waals surface area (Å²) in [5.74, 6) is 0.139. The Balaban J connectivity index is 1.97. The Bertz CT molecular complexity index is 785. The highest BCUT2D eigenvalue weighted by atomic mass is 35.5. The van der Waals surface area contributed by atoms with Gasteiger partial charge in [0, 0.05) is 6.54 Å². The first-order chi connectivity index (χ1) is 11.8. The molecule has 0 radical (unpaired) electrons. The number of amides is 1. The number of hydrogen-bond acceptors (Lipinski definition) is 9. The second-order valence-corrected chi connectivity index (χ2v) is 6.10. The normalized spacial score (nSPS) is 28.8. The molecule has 1 amide bonds. The Morgan fingerprint density at radius 1 is 1.44 bits per heavy atom. The largest absolute Gasteiger partial charge is 0.387 e. The number of carbonyl (C=O) groups excluding carboxylic acids is 1. The van der Waals surface area contributed by atoms with E-state index < -0.39 is 29.7 Å². The number of likely N-dealkylation sites (N-methyl/N-ethyl adjacent to an activating group) is 1. The van der Waals surface area contributed by atoms with Crippen LogP contribution in [-0.4, -0.2) is 76.2 Å². The maximum absolute atomic E-state index is 11.1. The zero-order valence-corrected chi connectivity index (χ0v) is 13.9. The van der Waals surface area contributed by atoms with E-state index in [4.69, 9.17) is 22.1 Å². The minimum Gasteiger partial charge on any atom is -0.387 e. The SMILES string of the molecule is CCN(C=O)C(O)(Cl)[C@H]1O[C@@H](n2cnc3c(N)ncnc32)[C@H](O)[C@@H]1O. The molecule has 1 aliphatic rings. The van der Waals surface area contributed by atoms with Crippen LogP contribution < -0.4 is 5.73 Å². The zero-order valence-electron chi connectivity index (χ0n) is 13.1. The molecule has 11 nitrogen and oxygen atoms in total. The van der Waals surface area contributed by atoms with E-state index in [0.29, 0.717) is 11.9 Å². The Morgan fingerprint density at radius 2 is 2.16 bits per heavy atom. The minimum atomic E-state index is -2.35. The number of rotatable bonds is 5. The number of anilines is 1. The summed E-state index contributed by atoms with van der Waals surface area (Å²) in [5, 5.41) is 28.7. The summed E-state index contributed by atoms with van der Waals surface area (Å²) in [5.41, 5.74) is 6.28. The van der Waals surface area contributed by atoms with Crippen LogP contribution in [0.2, 0.25) is 0 Å². The number of hydrogen-bond donors (Lipinski definition) is 4. The Kier molecular flexibility index (Phi) is 4.51. The molecule has 5 N–H and O–H groups in total. The third-order valence-corrected chi connectivity index (χ3v) is 4.56. The van der Waals surface area contributed by atoms with Crippen molar-refractivity contribution in [2.75, 3.05) is 12.3 Å². The van der Waals surface area contributed by atoms with Crippen LogP contribution in [0.5, 0.6) is 0 Å². The van der Waals surface area contributed by atoms with Gasteiger partial charge in [-0.15, -0.1) is 0 Å². The van der Waals surface area contributed by atoms with E-state index in [1.807, 2.05) is 0 Å². The molecule has 3 rings (SSSR count). The zero-order chi connectivity index (χ0) is 18.4. The van der Waals surface area contributed by atoms with Crippen molar-refractivity contribution >= 4 is 35.0 Å². The molecular formula is C13H17ClN6O5. The average Bonchev–Trinajstić information content (AvgIpc) is 3.12. The molecule has 1 saturated heterocycles. The summed E-state index contributed by atoms with van der Waals surface area (Å²) < 4.78 is 6.91. The highest BCUT2D eigenvalue weighted by molar-refractivity contribution is 6.23. The van der Waals surface area contributed by atoms with Gasteiger partial charge in [0.2, 0.25) is 11.6 Å². The molecule has 0 aliphatic carbocycles. The maximum atomic E-state index is 11.1. The van der Waals surface area contributed by atoms with E-state index in [-0.39, 0.29) is 18.0 Å². The number of fused-ring (bicyclic) bond motifs is 1. The Hall–Kier alpha value is -2.05. The van der Waals surface area contributed by atoms with E-state index in [1.165, 1.54) is 17.2 Å². The fourth-order valence-electron chi connectivity index (χ4n) is 2.78. The minimum absolute atomic E-state index is 0.0641. The number of carbonyl (C=O) groups is 1. The van der Waals surface area contributed by atoms with Crippen LogP contribution in [0.1, 0.15) is 13.2 Å². The predicted molar refractivity (Wildman–Crippen MR) is 84.9 cm³/mol. The smallest absolute Gasteiger partial charge is 0.248 e. The van der Waals surface area contributed by atoms with E-state index in [9.17, 15) is 20.1 Å². The fourth-order valence-corrected chi connectivity index (χ4v) is 3.12. The highest BCUT2D eigenvalue weighted by Crippen LogP contribution is 2.39. The molecule has 1 aliphatic heterocycles.